The minimum Gasteiger partial charge on any atom is -0.495 e. The smallest absolute Gasteiger partial charge is 0.248 e. The van der Waals surface area contributed by atoms with E-state index in [0.717, 1.165) is 24.8 Å². The van der Waals surface area contributed by atoms with Gasteiger partial charge in [0.15, 0.2) is 0 Å². The molecule has 5 atom stereocenters. The van der Waals surface area contributed by atoms with Crippen molar-refractivity contribution >= 4 is 35.0 Å². The Morgan fingerprint density at radius 2 is 1.75 bits per heavy atom. The molecule has 0 unspecified atom stereocenters. The first-order chi connectivity index (χ1) is 15.5. The van der Waals surface area contributed by atoms with Crippen molar-refractivity contribution in [3.63, 3.8) is 0 Å². The standard InChI is InChI=1S/C25H25ClN2O4/c1-32-20-10-9-17(26)13-18(20)27-23(29)19(11-14-5-3-2-4-6-14)28-24(30)21-15-7-8-16(12-15)22(21)25(28)31/h2-6,9-10,13,15-16,19,21-22H,7-8,11-12H2,1H3,(H,27,29)/t15-,16-,19+,21-,22+/m0/s1. The molecule has 2 aliphatic carbocycles. The molecule has 32 heavy (non-hydrogen) atoms. The van der Waals surface area contributed by atoms with E-state index in [1.807, 2.05) is 30.3 Å². The fraction of sp³-hybridized carbons (Fsp3) is 0.400. The van der Waals surface area contributed by atoms with E-state index in [9.17, 15) is 14.4 Å². The first-order valence-corrected chi connectivity index (χ1v) is 11.4. The second-order valence-electron chi connectivity index (χ2n) is 8.97. The minimum atomic E-state index is -0.939. The number of carbonyl (C=O) groups excluding carboxylic acids is 3. The molecule has 3 fully saturated rings. The summed E-state index contributed by atoms with van der Waals surface area (Å²) in [6, 6.07) is 13.4. The van der Waals surface area contributed by atoms with Gasteiger partial charge in [-0.05, 0) is 54.9 Å². The molecule has 2 aromatic rings. The molecule has 0 spiro atoms. The highest BCUT2D eigenvalue weighted by atomic mass is 35.5. The largest absolute Gasteiger partial charge is 0.495 e. The third-order valence-corrected chi connectivity index (χ3v) is 7.50. The molecule has 1 heterocycles. The minimum absolute atomic E-state index is 0.193. The van der Waals surface area contributed by atoms with E-state index in [2.05, 4.69) is 5.32 Å². The van der Waals surface area contributed by atoms with E-state index in [0.29, 0.717) is 16.5 Å². The SMILES string of the molecule is COc1ccc(Cl)cc1NC(=O)[C@@H](Cc1ccccc1)N1C(=O)[C@@H]2[C@H]3CC[C@@H](C3)[C@@H]2C1=O. The molecule has 166 valence electrons. The quantitative estimate of drug-likeness (QED) is 0.674. The van der Waals surface area contributed by atoms with E-state index in [1.165, 1.54) is 12.0 Å². The predicted octanol–water partition coefficient (Wildman–Crippen LogP) is 3.93. The number of imide groups is 1. The number of carbonyl (C=O) groups is 3. The lowest BCUT2D eigenvalue weighted by Gasteiger charge is -2.27. The number of amides is 3. The number of likely N-dealkylation sites (tertiary alicyclic amines) is 1. The third kappa shape index (κ3) is 3.47. The average molecular weight is 453 g/mol. The summed E-state index contributed by atoms with van der Waals surface area (Å²) < 4.78 is 5.34. The van der Waals surface area contributed by atoms with Crippen molar-refractivity contribution < 1.29 is 19.1 Å². The fourth-order valence-corrected chi connectivity index (χ4v) is 6.04. The Hall–Kier alpha value is -2.86. The summed E-state index contributed by atoms with van der Waals surface area (Å²) in [5, 5.41) is 3.29. The lowest BCUT2D eigenvalue weighted by Crippen LogP contribution is -2.49. The molecular formula is C25H25ClN2O4. The van der Waals surface area contributed by atoms with Gasteiger partial charge in [0.2, 0.25) is 17.7 Å². The number of benzene rings is 2. The molecule has 5 rings (SSSR count). The molecule has 0 aromatic heterocycles. The van der Waals surface area contributed by atoms with Gasteiger partial charge >= 0.3 is 0 Å². The third-order valence-electron chi connectivity index (χ3n) is 7.27. The van der Waals surface area contributed by atoms with Gasteiger partial charge in [0.25, 0.3) is 0 Å². The van der Waals surface area contributed by atoms with Crippen molar-refractivity contribution in [3.8, 4) is 5.75 Å². The van der Waals surface area contributed by atoms with Crippen molar-refractivity contribution in [2.24, 2.45) is 23.7 Å². The van der Waals surface area contributed by atoms with Gasteiger partial charge < -0.3 is 10.1 Å². The van der Waals surface area contributed by atoms with Crippen LogP contribution in [-0.2, 0) is 20.8 Å². The molecule has 0 radical (unpaired) electrons. The van der Waals surface area contributed by atoms with Gasteiger partial charge in [-0.3, -0.25) is 19.3 Å². The van der Waals surface area contributed by atoms with Crippen molar-refractivity contribution in [1.82, 2.24) is 4.90 Å². The van der Waals surface area contributed by atoms with Gasteiger partial charge in [-0.1, -0.05) is 41.9 Å². The Morgan fingerprint density at radius 1 is 1.09 bits per heavy atom. The number of ether oxygens (including phenoxy) is 1. The zero-order valence-corrected chi connectivity index (χ0v) is 18.5. The first-order valence-electron chi connectivity index (χ1n) is 11.0. The lowest BCUT2D eigenvalue weighted by atomic mass is 9.81. The Balaban J connectivity index is 1.47. The van der Waals surface area contributed by atoms with Crippen LogP contribution < -0.4 is 10.1 Å². The van der Waals surface area contributed by atoms with Gasteiger partial charge in [0.05, 0.1) is 24.6 Å². The lowest BCUT2D eigenvalue weighted by molar-refractivity contribution is -0.147. The summed E-state index contributed by atoms with van der Waals surface area (Å²) in [4.78, 5) is 41.6. The van der Waals surface area contributed by atoms with E-state index in [-0.39, 0.29) is 41.9 Å². The van der Waals surface area contributed by atoms with Gasteiger partial charge in [-0.2, -0.15) is 0 Å². The summed E-state index contributed by atoms with van der Waals surface area (Å²) in [6.07, 6.45) is 3.19. The number of hydrogen-bond acceptors (Lipinski definition) is 4. The molecule has 1 saturated heterocycles. The van der Waals surface area contributed by atoms with Crippen molar-refractivity contribution in [2.75, 3.05) is 12.4 Å². The summed E-state index contributed by atoms with van der Waals surface area (Å²) in [7, 11) is 1.50. The Kier molecular flexibility index (Phi) is 5.41. The monoisotopic (exact) mass is 452 g/mol. The zero-order valence-electron chi connectivity index (χ0n) is 17.8. The molecular weight excluding hydrogens is 428 g/mol. The van der Waals surface area contributed by atoms with Crippen LogP contribution in [0, 0.1) is 23.7 Å². The Bertz CT molecular complexity index is 1040. The van der Waals surface area contributed by atoms with Gasteiger partial charge in [-0.15, -0.1) is 0 Å². The maximum Gasteiger partial charge on any atom is 0.248 e. The Morgan fingerprint density at radius 3 is 2.38 bits per heavy atom. The van der Waals surface area contributed by atoms with Gasteiger partial charge in [0, 0.05) is 11.4 Å². The van der Waals surface area contributed by atoms with E-state index in [1.54, 1.807) is 18.2 Å². The maximum atomic E-state index is 13.5. The molecule has 6 nitrogen and oxygen atoms in total. The number of nitrogens with zero attached hydrogens (tertiary/aromatic N) is 1. The summed E-state index contributed by atoms with van der Waals surface area (Å²) >= 11 is 6.12. The van der Waals surface area contributed by atoms with Gasteiger partial charge in [-0.25, -0.2) is 0 Å². The number of rotatable bonds is 6. The van der Waals surface area contributed by atoms with E-state index >= 15 is 0 Å². The molecule has 2 aromatic carbocycles. The summed E-state index contributed by atoms with van der Waals surface area (Å²) in [6.45, 7) is 0. The molecule has 3 amide bonds. The molecule has 2 saturated carbocycles. The second-order valence-corrected chi connectivity index (χ2v) is 9.41. The van der Waals surface area contributed by atoms with Crippen LogP contribution in [0.15, 0.2) is 48.5 Å². The van der Waals surface area contributed by atoms with Crippen molar-refractivity contribution in [2.45, 2.75) is 31.7 Å². The molecule has 2 bridgehead atoms. The molecule has 1 N–H and O–H groups in total. The van der Waals surface area contributed by atoms with Crippen LogP contribution in [0.4, 0.5) is 5.69 Å². The maximum absolute atomic E-state index is 13.5. The zero-order chi connectivity index (χ0) is 22.4. The second kappa shape index (κ2) is 8.24. The highest BCUT2D eigenvalue weighted by molar-refractivity contribution is 6.31. The highest BCUT2D eigenvalue weighted by Crippen LogP contribution is 2.56. The summed E-state index contributed by atoms with van der Waals surface area (Å²) in [5.74, 6) is -0.373. The van der Waals surface area contributed by atoms with Crippen molar-refractivity contribution in [3.05, 3.63) is 59.1 Å². The first kappa shape index (κ1) is 21.0. The number of methoxy groups -OCH3 is 1. The molecule has 1 aliphatic heterocycles. The van der Waals surface area contributed by atoms with Crippen LogP contribution in [0.5, 0.6) is 5.75 Å². The Labute approximate surface area is 191 Å². The normalized spacial score (nSPS) is 26.9. The number of nitrogens with one attached hydrogen (secondary N) is 1. The van der Waals surface area contributed by atoms with Crippen LogP contribution in [0.3, 0.4) is 0 Å². The van der Waals surface area contributed by atoms with Crippen LogP contribution in [0.25, 0.3) is 0 Å². The number of fused-ring (bicyclic) bond motifs is 5. The van der Waals surface area contributed by atoms with Crippen LogP contribution >= 0.6 is 11.6 Å². The van der Waals surface area contributed by atoms with E-state index in [4.69, 9.17) is 16.3 Å². The average Bonchev–Trinajstić information content (AvgIpc) is 3.47. The predicted molar refractivity (Wildman–Crippen MR) is 120 cm³/mol. The van der Waals surface area contributed by atoms with E-state index < -0.39 is 11.9 Å². The number of hydrogen-bond donors (Lipinski definition) is 1. The highest BCUT2D eigenvalue weighted by Gasteiger charge is 2.62. The van der Waals surface area contributed by atoms with Crippen LogP contribution in [0.2, 0.25) is 5.02 Å². The molecule has 3 aliphatic rings. The topological polar surface area (TPSA) is 75.7 Å². The number of anilines is 1. The van der Waals surface area contributed by atoms with Gasteiger partial charge in [0.1, 0.15) is 11.8 Å². The number of halogens is 1. The van der Waals surface area contributed by atoms with Crippen LogP contribution in [-0.4, -0.2) is 35.8 Å². The fourth-order valence-electron chi connectivity index (χ4n) is 5.87. The van der Waals surface area contributed by atoms with Crippen LogP contribution in [0.1, 0.15) is 24.8 Å². The van der Waals surface area contributed by atoms with Crippen molar-refractivity contribution in [1.29, 1.82) is 0 Å². The summed E-state index contributed by atoms with van der Waals surface area (Å²) in [5.41, 5.74) is 1.29. The molecule has 7 heteroatoms.